The van der Waals surface area contributed by atoms with Crippen LogP contribution in [-0.4, -0.2) is 29.1 Å². The molecule has 6 heteroatoms. The van der Waals surface area contributed by atoms with Gasteiger partial charge in [-0.1, -0.05) is 11.6 Å². The zero-order valence-corrected chi connectivity index (χ0v) is 8.58. The lowest BCUT2D eigenvalue weighted by Gasteiger charge is -2.10. The van der Waals surface area contributed by atoms with E-state index in [1.165, 1.54) is 19.5 Å². The minimum atomic E-state index is -0.485. The Kier molecular flexibility index (Phi) is 3.64. The zero-order valence-electron chi connectivity index (χ0n) is 7.82. The Balaban J connectivity index is 2.60. The summed E-state index contributed by atoms with van der Waals surface area (Å²) in [5.41, 5.74) is 0. The quantitative estimate of drug-likeness (QED) is 0.765. The Labute approximate surface area is 86.5 Å². The third-order valence-electron chi connectivity index (χ3n) is 1.52. The lowest BCUT2D eigenvalue weighted by Crippen LogP contribution is -2.28. The van der Waals surface area contributed by atoms with Crippen molar-refractivity contribution in [2.75, 3.05) is 12.4 Å². The molecule has 1 aromatic heterocycles. The number of hydrogen-bond donors (Lipinski definition) is 1. The molecule has 0 radical (unpaired) electrons. The molecule has 0 fully saturated rings. The number of anilines is 1. The maximum Gasteiger partial charge on any atom is 0.328 e. The minimum Gasteiger partial charge on any atom is -0.467 e. The summed E-state index contributed by atoms with van der Waals surface area (Å²) in [6.07, 6.45) is 2.89. The van der Waals surface area contributed by atoms with Crippen LogP contribution in [0.15, 0.2) is 12.4 Å². The number of rotatable bonds is 3. The third-order valence-corrected chi connectivity index (χ3v) is 1.72. The highest BCUT2D eigenvalue weighted by molar-refractivity contribution is 6.30. The van der Waals surface area contributed by atoms with Crippen LogP contribution in [0.3, 0.4) is 0 Å². The molecule has 1 aromatic rings. The van der Waals surface area contributed by atoms with Crippen molar-refractivity contribution in [1.29, 1.82) is 0 Å². The highest BCUT2D eigenvalue weighted by atomic mass is 35.5. The van der Waals surface area contributed by atoms with E-state index in [2.05, 4.69) is 20.0 Å². The van der Waals surface area contributed by atoms with Crippen LogP contribution in [0.25, 0.3) is 0 Å². The SMILES string of the molecule is COC(=O)C(C)Nc1ncc(Cl)cn1. The summed E-state index contributed by atoms with van der Waals surface area (Å²) in [4.78, 5) is 18.8. The molecule has 1 unspecified atom stereocenters. The molecule has 1 heterocycles. The van der Waals surface area contributed by atoms with Crippen molar-refractivity contribution in [3.63, 3.8) is 0 Å². The molecule has 0 bridgehead atoms. The Morgan fingerprint density at radius 1 is 1.57 bits per heavy atom. The molecule has 0 saturated heterocycles. The number of carbonyl (C=O) groups excluding carboxylic acids is 1. The van der Waals surface area contributed by atoms with Gasteiger partial charge in [-0.15, -0.1) is 0 Å². The largest absolute Gasteiger partial charge is 0.467 e. The van der Waals surface area contributed by atoms with Gasteiger partial charge < -0.3 is 10.1 Å². The van der Waals surface area contributed by atoms with Crippen LogP contribution in [0.4, 0.5) is 5.95 Å². The summed E-state index contributed by atoms with van der Waals surface area (Å²) < 4.78 is 4.52. The molecule has 0 saturated carbocycles. The van der Waals surface area contributed by atoms with Crippen LogP contribution in [0.2, 0.25) is 5.02 Å². The molecular weight excluding hydrogens is 206 g/mol. The second-order valence-electron chi connectivity index (χ2n) is 2.61. The van der Waals surface area contributed by atoms with E-state index in [-0.39, 0.29) is 5.97 Å². The number of ether oxygens (including phenoxy) is 1. The number of carbonyl (C=O) groups is 1. The van der Waals surface area contributed by atoms with Gasteiger partial charge in [0, 0.05) is 0 Å². The van der Waals surface area contributed by atoms with E-state index in [9.17, 15) is 4.79 Å². The fraction of sp³-hybridized carbons (Fsp3) is 0.375. The third kappa shape index (κ3) is 2.85. The van der Waals surface area contributed by atoms with Crippen molar-refractivity contribution >= 4 is 23.5 Å². The number of nitrogens with one attached hydrogen (secondary N) is 1. The molecule has 5 nitrogen and oxygen atoms in total. The van der Waals surface area contributed by atoms with Crippen molar-refractivity contribution in [3.8, 4) is 0 Å². The van der Waals surface area contributed by atoms with Gasteiger partial charge in [-0.05, 0) is 6.92 Å². The van der Waals surface area contributed by atoms with Crippen molar-refractivity contribution in [2.45, 2.75) is 13.0 Å². The Morgan fingerprint density at radius 3 is 2.64 bits per heavy atom. The average Bonchev–Trinajstić information content (AvgIpc) is 2.20. The number of nitrogens with zero attached hydrogens (tertiary/aromatic N) is 2. The lowest BCUT2D eigenvalue weighted by molar-refractivity contribution is -0.141. The van der Waals surface area contributed by atoms with Crippen LogP contribution in [0.1, 0.15) is 6.92 Å². The van der Waals surface area contributed by atoms with Gasteiger partial charge in [0.15, 0.2) is 0 Å². The predicted octanol–water partition coefficient (Wildman–Crippen LogP) is 1.10. The fourth-order valence-corrected chi connectivity index (χ4v) is 0.914. The molecule has 0 spiro atoms. The van der Waals surface area contributed by atoms with Gasteiger partial charge in [-0.3, -0.25) is 0 Å². The first-order valence-electron chi connectivity index (χ1n) is 3.95. The second kappa shape index (κ2) is 4.76. The molecule has 0 amide bonds. The van der Waals surface area contributed by atoms with E-state index in [4.69, 9.17) is 11.6 Å². The van der Waals surface area contributed by atoms with Crippen LogP contribution in [-0.2, 0) is 9.53 Å². The molecule has 0 aromatic carbocycles. The van der Waals surface area contributed by atoms with Crippen molar-refractivity contribution in [3.05, 3.63) is 17.4 Å². The van der Waals surface area contributed by atoms with E-state index in [1.807, 2.05) is 0 Å². The van der Waals surface area contributed by atoms with Gasteiger partial charge >= 0.3 is 5.97 Å². The summed E-state index contributed by atoms with van der Waals surface area (Å²) in [5, 5.41) is 3.21. The van der Waals surface area contributed by atoms with Gasteiger partial charge in [-0.2, -0.15) is 0 Å². The smallest absolute Gasteiger partial charge is 0.328 e. The number of esters is 1. The number of aromatic nitrogens is 2. The highest BCUT2D eigenvalue weighted by Crippen LogP contribution is 2.06. The van der Waals surface area contributed by atoms with E-state index < -0.39 is 6.04 Å². The van der Waals surface area contributed by atoms with E-state index in [1.54, 1.807) is 6.92 Å². The standard InChI is InChI=1S/C8H10ClN3O2/c1-5(7(13)14-2)12-8-10-3-6(9)4-11-8/h3-5H,1-2H3,(H,10,11,12). The molecule has 0 aliphatic heterocycles. The molecular formula is C8H10ClN3O2. The highest BCUT2D eigenvalue weighted by Gasteiger charge is 2.13. The molecule has 1 atom stereocenters. The number of methoxy groups -OCH3 is 1. The first kappa shape index (κ1) is 10.7. The molecule has 14 heavy (non-hydrogen) atoms. The second-order valence-corrected chi connectivity index (χ2v) is 3.05. The monoisotopic (exact) mass is 215 g/mol. The van der Waals surface area contributed by atoms with E-state index in [0.717, 1.165) is 0 Å². The average molecular weight is 216 g/mol. The summed E-state index contributed by atoms with van der Waals surface area (Å²) in [6, 6.07) is -0.485. The Bertz CT molecular complexity index is 315. The van der Waals surface area contributed by atoms with Gasteiger partial charge in [0.05, 0.1) is 24.5 Å². The maximum atomic E-state index is 11.0. The first-order chi connectivity index (χ1) is 6.63. The van der Waals surface area contributed by atoms with Crippen LogP contribution >= 0.6 is 11.6 Å². The lowest BCUT2D eigenvalue weighted by atomic mass is 10.3. The Morgan fingerprint density at radius 2 is 2.14 bits per heavy atom. The molecule has 1 rings (SSSR count). The zero-order chi connectivity index (χ0) is 10.6. The predicted molar refractivity (Wildman–Crippen MR) is 52.1 cm³/mol. The van der Waals surface area contributed by atoms with Crippen molar-refractivity contribution < 1.29 is 9.53 Å². The van der Waals surface area contributed by atoms with Crippen molar-refractivity contribution in [1.82, 2.24) is 9.97 Å². The number of hydrogen-bond acceptors (Lipinski definition) is 5. The number of halogens is 1. The minimum absolute atomic E-state index is 0.340. The molecule has 0 aliphatic rings. The van der Waals surface area contributed by atoms with Crippen LogP contribution in [0.5, 0.6) is 0 Å². The molecule has 0 aliphatic carbocycles. The summed E-state index contributed by atoms with van der Waals surface area (Å²) in [6.45, 7) is 1.66. The summed E-state index contributed by atoms with van der Waals surface area (Å²) in [5.74, 6) is -0.0316. The normalized spacial score (nSPS) is 11.9. The Hall–Kier alpha value is -1.36. The maximum absolute atomic E-state index is 11.0. The van der Waals surface area contributed by atoms with Gasteiger partial charge in [0.1, 0.15) is 6.04 Å². The topological polar surface area (TPSA) is 64.1 Å². The van der Waals surface area contributed by atoms with E-state index in [0.29, 0.717) is 11.0 Å². The van der Waals surface area contributed by atoms with Crippen LogP contribution < -0.4 is 5.32 Å². The molecule has 76 valence electrons. The van der Waals surface area contributed by atoms with E-state index >= 15 is 0 Å². The fourth-order valence-electron chi connectivity index (χ4n) is 0.816. The molecule has 1 N–H and O–H groups in total. The van der Waals surface area contributed by atoms with Gasteiger partial charge in [-0.25, -0.2) is 14.8 Å². The van der Waals surface area contributed by atoms with Gasteiger partial charge in [0.2, 0.25) is 5.95 Å². The summed E-state index contributed by atoms with van der Waals surface area (Å²) in [7, 11) is 1.32. The van der Waals surface area contributed by atoms with Crippen LogP contribution in [0, 0.1) is 0 Å². The van der Waals surface area contributed by atoms with Crippen molar-refractivity contribution in [2.24, 2.45) is 0 Å². The van der Waals surface area contributed by atoms with Gasteiger partial charge in [0.25, 0.3) is 0 Å². The first-order valence-corrected chi connectivity index (χ1v) is 4.33. The summed E-state index contributed by atoms with van der Waals surface area (Å²) >= 11 is 5.59.